The van der Waals surface area contributed by atoms with Crippen LogP contribution in [0.4, 0.5) is 0 Å². The number of rotatable bonds is 50. The van der Waals surface area contributed by atoms with E-state index in [1.54, 1.807) is 6.08 Å². The molecule has 0 bridgehead atoms. The molecule has 0 saturated heterocycles. The highest BCUT2D eigenvalue weighted by Gasteiger charge is 2.18. The number of hydrogen-bond acceptors (Lipinski definition) is 3. The van der Waals surface area contributed by atoms with Crippen molar-refractivity contribution in [3.8, 4) is 0 Å². The lowest BCUT2D eigenvalue weighted by atomic mass is 10.0. The number of unbranched alkanes of at least 4 members (excludes halogenated alkanes) is 37. The zero-order valence-electron chi connectivity index (χ0n) is 41.2. The van der Waals surface area contributed by atoms with Crippen molar-refractivity contribution in [2.45, 2.75) is 302 Å². The molecule has 0 saturated carbocycles. The van der Waals surface area contributed by atoms with Crippen molar-refractivity contribution >= 4 is 5.91 Å². The van der Waals surface area contributed by atoms with Crippen LogP contribution in [0.2, 0.25) is 0 Å². The number of allylic oxidation sites excluding steroid dienone is 7. The Bertz CT molecular complexity index is 970. The van der Waals surface area contributed by atoms with Gasteiger partial charge >= 0.3 is 0 Å². The van der Waals surface area contributed by atoms with Crippen LogP contribution in [0.3, 0.4) is 0 Å². The Morgan fingerprint density at radius 2 is 0.639 bits per heavy atom. The van der Waals surface area contributed by atoms with Gasteiger partial charge in [0.25, 0.3) is 0 Å². The highest BCUT2D eigenvalue weighted by molar-refractivity contribution is 5.76. The summed E-state index contributed by atoms with van der Waals surface area (Å²) in [6.07, 6.45) is 72.7. The van der Waals surface area contributed by atoms with E-state index in [4.69, 9.17) is 0 Å². The van der Waals surface area contributed by atoms with Crippen LogP contribution >= 0.6 is 0 Å². The molecule has 2 atom stereocenters. The van der Waals surface area contributed by atoms with Gasteiger partial charge < -0.3 is 15.5 Å². The van der Waals surface area contributed by atoms with Gasteiger partial charge in [-0.05, 0) is 70.6 Å². The van der Waals surface area contributed by atoms with E-state index in [9.17, 15) is 15.0 Å². The predicted molar refractivity (Wildman–Crippen MR) is 271 cm³/mol. The molecule has 1 amide bonds. The summed E-state index contributed by atoms with van der Waals surface area (Å²) in [6, 6.07) is -0.645. The van der Waals surface area contributed by atoms with Gasteiger partial charge in [-0.1, -0.05) is 262 Å². The zero-order chi connectivity index (χ0) is 44.2. The van der Waals surface area contributed by atoms with Crippen LogP contribution in [0, 0.1) is 0 Å². The lowest BCUT2D eigenvalue weighted by Gasteiger charge is -2.19. The number of amides is 1. The fourth-order valence-electron chi connectivity index (χ4n) is 8.32. The zero-order valence-corrected chi connectivity index (χ0v) is 41.2. The minimum absolute atomic E-state index is 0.0751. The van der Waals surface area contributed by atoms with E-state index >= 15 is 0 Å². The monoisotopic (exact) mass is 854 g/mol. The van der Waals surface area contributed by atoms with Crippen molar-refractivity contribution in [3.05, 3.63) is 48.6 Å². The van der Waals surface area contributed by atoms with Crippen molar-refractivity contribution in [2.24, 2.45) is 0 Å². The number of aliphatic hydroxyl groups is 2. The van der Waals surface area contributed by atoms with Crippen molar-refractivity contribution < 1.29 is 15.0 Å². The minimum atomic E-state index is -0.870. The Hall–Kier alpha value is -1.65. The summed E-state index contributed by atoms with van der Waals surface area (Å²) in [5, 5.41) is 23.1. The van der Waals surface area contributed by atoms with Gasteiger partial charge in [0.2, 0.25) is 5.91 Å². The molecular formula is C57H107NO3. The fraction of sp³-hybridized carbons (Fsp3) is 0.842. The Balaban J connectivity index is 3.50. The van der Waals surface area contributed by atoms with Crippen molar-refractivity contribution in [2.75, 3.05) is 6.61 Å². The third kappa shape index (κ3) is 49.2. The second-order valence-corrected chi connectivity index (χ2v) is 18.6. The molecule has 4 heteroatoms. The van der Waals surface area contributed by atoms with Crippen LogP contribution in [-0.2, 0) is 4.79 Å². The largest absolute Gasteiger partial charge is 0.394 e. The summed E-state index contributed by atoms with van der Waals surface area (Å²) in [7, 11) is 0. The minimum Gasteiger partial charge on any atom is -0.394 e. The maximum absolute atomic E-state index is 12.4. The highest BCUT2D eigenvalue weighted by Crippen LogP contribution is 2.16. The first kappa shape index (κ1) is 59.4. The smallest absolute Gasteiger partial charge is 0.220 e. The molecule has 0 rings (SSSR count). The molecule has 4 nitrogen and oxygen atoms in total. The fourth-order valence-corrected chi connectivity index (χ4v) is 8.32. The van der Waals surface area contributed by atoms with Gasteiger partial charge in [-0.25, -0.2) is 0 Å². The molecule has 0 spiro atoms. The lowest BCUT2D eigenvalue weighted by molar-refractivity contribution is -0.123. The third-order valence-electron chi connectivity index (χ3n) is 12.5. The standard InChI is InChI=1S/C57H107NO3/c1-3-5-7-9-11-13-15-17-19-21-23-24-25-26-27-28-29-30-31-32-33-34-35-37-39-41-43-45-47-49-51-53-57(61)58-55(54-59)56(60)52-50-48-46-44-42-40-38-36-22-20-18-16-14-12-10-8-6-4-2/h22,26-27,36,42,44,50,52,55-56,59-60H,3-21,23-25,28-35,37-41,43,45-49,51,53-54H2,1-2H3,(H,58,61)/b27-26-,36-22+,44-42+,52-50+. The van der Waals surface area contributed by atoms with Crippen LogP contribution < -0.4 is 5.32 Å². The van der Waals surface area contributed by atoms with Gasteiger partial charge in [-0.15, -0.1) is 0 Å². The maximum atomic E-state index is 12.4. The number of hydrogen-bond donors (Lipinski definition) is 3. The highest BCUT2D eigenvalue weighted by atomic mass is 16.3. The molecule has 358 valence electrons. The van der Waals surface area contributed by atoms with Crippen LogP contribution in [0.15, 0.2) is 48.6 Å². The van der Waals surface area contributed by atoms with E-state index in [1.807, 2.05) is 6.08 Å². The number of carbonyl (C=O) groups excluding carboxylic acids is 1. The summed E-state index contributed by atoms with van der Waals surface area (Å²) in [5.41, 5.74) is 0. The van der Waals surface area contributed by atoms with Crippen LogP contribution in [-0.4, -0.2) is 34.9 Å². The van der Waals surface area contributed by atoms with Gasteiger partial charge in [0.1, 0.15) is 0 Å². The van der Waals surface area contributed by atoms with Crippen molar-refractivity contribution in [1.29, 1.82) is 0 Å². The molecule has 0 aliphatic carbocycles. The van der Waals surface area contributed by atoms with E-state index in [-0.39, 0.29) is 12.5 Å². The molecule has 0 aliphatic heterocycles. The average Bonchev–Trinajstić information content (AvgIpc) is 3.26. The lowest BCUT2D eigenvalue weighted by Crippen LogP contribution is -2.45. The molecular weight excluding hydrogens is 747 g/mol. The molecule has 0 aromatic heterocycles. The summed E-state index contributed by atoms with van der Waals surface area (Å²) in [5.74, 6) is -0.0751. The molecule has 0 radical (unpaired) electrons. The average molecular weight is 854 g/mol. The van der Waals surface area contributed by atoms with Gasteiger partial charge in [0.05, 0.1) is 18.8 Å². The van der Waals surface area contributed by atoms with Crippen molar-refractivity contribution in [1.82, 2.24) is 5.32 Å². The Kier molecular flexibility index (Phi) is 51.3. The SMILES string of the molecule is CCCCCCCCCC/C=C/CC/C=C/CC/C=C/C(O)C(CO)NC(=O)CCCCCCCCCCCCCCCCC/C=C\CCCCCCCCCCCCCC. The van der Waals surface area contributed by atoms with E-state index < -0.39 is 12.1 Å². The first-order valence-electron chi connectivity index (χ1n) is 27.4. The summed E-state index contributed by atoms with van der Waals surface area (Å²) in [6.45, 7) is 4.31. The van der Waals surface area contributed by atoms with Gasteiger partial charge in [0.15, 0.2) is 0 Å². The third-order valence-corrected chi connectivity index (χ3v) is 12.5. The van der Waals surface area contributed by atoms with E-state index in [2.05, 4.69) is 55.6 Å². The van der Waals surface area contributed by atoms with Gasteiger partial charge in [-0.2, -0.15) is 0 Å². The molecule has 0 aromatic rings. The Labute approximate surface area is 382 Å². The first-order chi connectivity index (χ1) is 30.2. The first-order valence-corrected chi connectivity index (χ1v) is 27.4. The van der Waals surface area contributed by atoms with Gasteiger partial charge in [-0.3, -0.25) is 4.79 Å². The van der Waals surface area contributed by atoms with Crippen LogP contribution in [0.25, 0.3) is 0 Å². The Morgan fingerprint density at radius 3 is 0.951 bits per heavy atom. The molecule has 3 N–H and O–H groups in total. The molecule has 0 aromatic carbocycles. The van der Waals surface area contributed by atoms with Crippen LogP contribution in [0.5, 0.6) is 0 Å². The molecule has 61 heavy (non-hydrogen) atoms. The Morgan fingerprint density at radius 1 is 0.377 bits per heavy atom. The molecule has 0 heterocycles. The summed E-state index contributed by atoms with van der Waals surface area (Å²) >= 11 is 0. The predicted octanol–water partition coefficient (Wildman–Crippen LogP) is 17.9. The normalized spacial score (nSPS) is 13.2. The number of aliphatic hydroxyl groups excluding tert-OH is 2. The molecule has 2 unspecified atom stereocenters. The second-order valence-electron chi connectivity index (χ2n) is 18.6. The van der Waals surface area contributed by atoms with E-state index in [0.717, 1.165) is 38.5 Å². The summed E-state index contributed by atoms with van der Waals surface area (Å²) < 4.78 is 0. The quantitative estimate of drug-likeness (QED) is 0.0422. The molecule has 0 fully saturated rings. The topological polar surface area (TPSA) is 69.6 Å². The summed E-state index contributed by atoms with van der Waals surface area (Å²) in [4.78, 5) is 12.4. The second kappa shape index (κ2) is 52.7. The van der Waals surface area contributed by atoms with Crippen molar-refractivity contribution in [3.63, 3.8) is 0 Å². The van der Waals surface area contributed by atoms with E-state index in [1.165, 1.54) is 231 Å². The number of nitrogens with one attached hydrogen (secondary N) is 1. The molecule has 0 aliphatic rings. The van der Waals surface area contributed by atoms with Crippen LogP contribution in [0.1, 0.15) is 290 Å². The number of carbonyl (C=O) groups is 1. The van der Waals surface area contributed by atoms with E-state index in [0.29, 0.717) is 6.42 Å². The maximum Gasteiger partial charge on any atom is 0.220 e. The van der Waals surface area contributed by atoms with Gasteiger partial charge in [0, 0.05) is 6.42 Å².